The maximum absolute atomic E-state index is 13.2. The van der Waals surface area contributed by atoms with Crippen LogP contribution in [-0.4, -0.2) is 35.7 Å². The first-order chi connectivity index (χ1) is 10.3. The third-order valence-corrected chi connectivity index (χ3v) is 3.25. The Kier molecular flexibility index (Phi) is 4.67. The van der Waals surface area contributed by atoms with E-state index in [2.05, 4.69) is 11.4 Å². The highest BCUT2D eigenvalue weighted by atomic mass is 19.1. The van der Waals surface area contributed by atoms with Gasteiger partial charge in [-0.3, -0.25) is 5.32 Å². The van der Waals surface area contributed by atoms with Crippen molar-refractivity contribution in [2.24, 2.45) is 0 Å². The predicted molar refractivity (Wildman–Crippen MR) is 79.5 cm³/mol. The van der Waals surface area contributed by atoms with E-state index >= 15 is 0 Å². The van der Waals surface area contributed by atoms with Crippen molar-refractivity contribution >= 4 is 6.09 Å². The van der Waals surface area contributed by atoms with E-state index < -0.39 is 11.6 Å². The molecule has 2 rings (SSSR count). The van der Waals surface area contributed by atoms with Gasteiger partial charge in [0.25, 0.3) is 0 Å². The highest BCUT2D eigenvalue weighted by Crippen LogP contribution is 2.19. The molecule has 6 heteroatoms. The van der Waals surface area contributed by atoms with Crippen molar-refractivity contribution in [1.82, 2.24) is 10.2 Å². The van der Waals surface area contributed by atoms with E-state index in [1.807, 2.05) is 20.8 Å². The Morgan fingerprint density at radius 2 is 2.18 bits per heavy atom. The van der Waals surface area contributed by atoms with E-state index in [4.69, 9.17) is 4.74 Å². The number of hydrogen-bond acceptors (Lipinski definition) is 4. The highest BCUT2D eigenvalue weighted by Gasteiger charge is 2.34. The van der Waals surface area contributed by atoms with Crippen LogP contribution in [0.3, 0.4) is 0 Å². The SMILES string of the molecule is CC(C)(C)OC(=O)N1CC(N[C@@H](C#N)c2cccc(F)c2)C1. The normalized spacial score (nSPS) is 16.6. The lowest BCUT2D eigenvalue weighted by Gasteiger charge is -2.41. The third-order valence-electron chi connectivity index (χ3n) is 3.25. The molecule has 22 heavy (non-hydrogen) atoms. The molecule has 0 unspecified atom stereocenters. The number of carbonyl (C=O) groups excluding carboxylic acids is 1. The summed E-state index contributed by atoms with van der Waals surface area (Å²) in [5.41, 5.74) is 0.0602. The average Bonchev–Trinajstić information content (AvgIpc) is 2.35. The maximum Gasteiger partial charge on any atom is 0.410 e. The number of hydrogen-bond donors (Lipinski definition) is 1. The molecule has 0 aromatic heterocycles. The van der Waals surface area contributed by atoms with Gasteiger partial charge in [-0.05, 0) is 38.5 Å². The minimum atomic E-state index is -0.596. The Hall–Kier alpha value is -2.13. The second-order valence-electron chi connectivity index (χ2n) is 6.37. The summed E-state index contributed by atoms with van der Waals surface area (Å²) in [5, 5.41) is 12.3. The first-order valence-electron chi connectivity index (χ1n) is 7.17. The lowest BCUT2D eigenvalue weighted by molar-refractivity contribution is 0.00475. The molecule has 1 amide bonds. The molecule has 118 valence electrons. The van der Waals surface area contributed by atoms with Crippen LogP contribution in [0.4, 0.5) is 9.18 Å². The molecule has 0 spiro atoms. The van der Waals surface area contributed by atoms with Gasteiger partial charge in [-0.1, -0.05) is 12.1 Å². The molecule has 0 bridgehead atoms. The van der Waals surface area contributed by atoms with Crippen molar-refractivity contribution < 1.29 is 13.9 Å². The van der Waals surface area contributed by atoms with Gasteiger partial charge in [-0.15, -0.1) is 0 Å². The number of amides is 1. The minimum Gasteiger partial charge on any atom is -0.444 e. The number of rotatable bonds is 3. The molecule has 1 aliphatic heterocycles. The zero-order chi connectivity index (χ0) is 16.3. The van der Waals surface area contributed by atoms with E-state index in [9.17, 15) is 14.4 Å². The molecule has 0 saturated carbocycles. The van der Waals surface area contributed by atoms with Gasteiger partial charge in [0, 0.05) is 19.1 Å². The predicted octanol–water partition coefficient (Wildman–Crippen LogP) is 2.60. The van der Waals surface area contributed by atoms with Crippen LogP contribution in [0.2, 0.25) is 0 Å². The molecule has 5 nitrogen and oxygen atoms in total. The zero-order valence-electron chi connectivity index (χ0n) is 13.0. The van der Waals surface area contributed by atoms with E-state index in [1.54, 1.807) is 17.0 Å². The number of nitriles is 1. The number of halogens is 1. The molecular formula is C16H20FN3O2. The molecule has 1 heterocycles. The van der Waals surface area contributed by atoms with Gasteiger partial charge >= 0.3 is 6.09 Å². The number of benzene rings is 1. The summed E-state index contributed by atoms with van der Waals surface area (Å²) in [4.78, 5) is 13.4. The topological polar surface area (TPSA) is 65.4 Å². The first kappa shape index (κ1) is 16.2. The quantitative estimate of drug-likeness (QED) is 0.932. The van der Waals surface area contributed by atoms with Crippen LogP contribution < -0.4 is 5.32 Å². The van der Waals surface area contributed by atoms with Crippen molar-refractivity contribution in [2.45, 2.75) is 38.5 Å². The fraction of sp³-hybridized carbons (Fsp3) is 0.500. The van der Waals surface area contributed by atoms with Crippen molar-refractivity contribution in [2.75, 3.05) is 13.1 Å². The number of likely N-dealkylation sites (tertiary alicyclic amines) is 1. The van der Waals surface area contributed by atoms with Gasteiger partial charge in [0.2, 0.25) is 0 Å². The summed E-state index contributed by atoms with van der Waals surface area (Å²) in [5.74, 6) is -0.372. The molecule has 1 N–H and O–H groups in total. The van der Waals surface area contributed by atoms with Crippen LogP contribution in [0.5, 0.6) is 0 Å². The van der Waals surface area contributed by atoms with Crippen LogP contribution in [0.1, 0.15) is 32.4 Å². The monoisotopic (exact) mass is 305 g/mol. The zero-order valence-corrected chi connectivity index (χ0v) is 13.0. The maximum atomic E-state index is 13.2. The fourth-order valence-corrected chi connectivity index (χ4v) is 2.19. The summed E-state index contributed by atoms with van der Waals surface area (Å²) < 4.78 is 18.5. The largest absolute Gasteiger partial charge is 0.444 e. The third kappa shape index (κ3) is 4.18. The van der Waals surface area contributed by atoms with Crippen LogP contribution in [0.15, 0.2) is 24.3 Å². The number of nitrogens with one attached hydrogen (secondary N) is 1. The number of nitrogens with zero attached hydrogens (tertiary/aromatic N) is 2. The molecule has 0 radical (unpaired) electrons. The van der Waals surface area contributed by atoms with Crippen molar-refractivity contribution in [3.8, 4) is 6.07 Å². The molecule has 1 atom stereocenters. The molecule has 1 aromatic carbocycles. The van der Waals surface area contributed by atoms with Gasteiger partial charge in [-0.25, -0.2) is 9.18 Å². The van der Waals surface area contributed by atoms with E-state index in [1.165, 1.54) is 12.1 Å². The van der Waals surface area contributed by atoms with Gasteiger partial charge in [0.05, 0.1) is 6.07 Å². The van der Waals surface area contributed by atoms with Gasteiger partial charge in [-0.2, -0.15) is 5.26 Å². The van der Waals surface area contributed by atoms with Crippen molar-refractivity contribution in [3.05, 3.63) is 35.6 Å². The van der Waals surface area contributed by atoms with Crippen LogP contribution in [0.25, 0.3) is 0 Å². The van der Waals surface area contributed by atoms with E-state index in [0.717, 1.165) is 0 Å². The standard InChI is InChI=1S/C16H20FN3O2/c1-16(2,3)22-15(21)20-9-13(10-20)19-14(8-18)11-5-4-6-12(17)7-11/h4-7,13-14,19H,9-10H2,1-3H3/t14-/m0/s1. The summed E-state index contributed by atoms with van der Waals surface area (Å²) >= 11 is 0. The van der Waals surface area contributed by atoms with Crippen molar-refractivity contribution in [3.63, 3.8) is 0 Å². The van der Waals surface area contributed by atoms with E-state index in [0.29, 0.717) is 18.7 Å². The van der Waals surface area contributed by atoms with Crippen molar-refractivity contribution in [1.29, 1.82) is 5.26 Å². The Morgan fingerprint density at radius 1 is 1.50 bits per heavy atom. The lowest BCUT2D eigenvalue weighted by Crippen LogP contribution is -2.60. The second kappa shape index (κ2) is 6.32. The summed E-state index contributed by atoms with van der Waals surface area (Å²) in [6, 6.07) is 7.47. The minimum absolute atomic E-state index is 0.000403. The summed E-state index contributed by atoms with van der Waals surface area (Å²) in [6.07, 6.45) is -0.357. The number of ether oxygens (including phenoxy) is 1. The summed E-state index contributed by atoms with van der Waals surface area (Å²) in [6.45, 7) is 6.40. The molecular weight excluding hydrogens is 285 g/mol. The lowest BCUT2D eigenvalue weighted by atomic mass is 10.0. The smallest absolute Gasteiger partial charge is 0.410 e. The number of carbonyl (C=O) groups is 1. The first-order valence-corrected chi connectivity index (χ1v) is 7.17. The molecule has 1 saturated heterocycles. The van der Waals surface area contributed by atoms with Gasteiger partial charge < -0.3 is 9.64 Å². The average molecular weight is 305 g/mol. The van der Waals surface area contributed by atoms with E-state index in [-0.39, 0.29) is 18.0 Å². The Bertz CT molecular complexity index is 586. The second-order valence-corrected chi connectivity index (χ2v) is 6.37. The summed E-state index contributed by atoms with van der Waals surface area (Å²) in [7, 11) is 0. The molecule has 1 aliphatic rings. The Balaban J connectivity index is 1.86. The van der Waals surface area contributed by atoms with Crippen LogP contribution in [-0.2, 0) is 4.74 Å². The molecule has 0 aliphatic carbocycles. The fourth-order valence-electron chi connectivity index (χ4n) is 2.19. The molecule has 1 fully saturated rings. The highest BCUT2D eigenvalue weighted by molar-refractivity contribution is 5.69. The Labute approximate surface area is 129 Å². The molecule has 1 aromatic rings. The van der Waals surface area contributed by atoms with Crippen LogP contribution in [0, 0.1) is 17.1 Å². The Morgan fingerprint density at radius 3 is 2.73 bits per heavy atom. The van der Waals surface area contributed by atoms with Gasteiger partial charge in [0.15, 0.2) is 0 Å². The van der Waals surface area contributed by atoms with Gasteiger partial charge in [0.1, 0.15) is 17.5 Å². The van der Waals surface area contributed by atoms with Crippen LogP contribution >= 0.6 is 0 Å².